The first kappa shape index (κ1) is 28.4. The maximum absolute atomic E-state index is 12.5. The van der Waals surface area contributed by atoms with Crippen molar-refractivity contribution < 1.29 is 19.1 Å². The lowest BCUT2D eigenvalue weighted by molar-refractivity contribution is -0.123. The molecule has 0 saturated heterocycles. The Balaban J connectivity index is 1.54. The Morgan fingerprint density at radius 1 is 0.737 bits per heavy atom. The summed E-state index contributed by atoms with van der Waals surface area (Å²) in [6.45, 7) is 14.4. The topological polar surface area (TPSA) is 96.5 Å². The Labute approximate surface area is 225 Å². The van der Waals surface area contributed by atoms with Crippen LogP contribution in [0.4, 0.5) is 5.69 Å². The Hall–Kier alpha value is -4.13. The molecule has 0 heterocycles. The fraction of sp³-hybridized carbons (Fsp3) is 0.323. The second-order valence-corrected chi connectivity index (χ2v) is 11.4. The quantitative estimate of drug-likeness (QED) is 0.368. The predicted molar refractivity (Wildman–Crippen MR) is 151 cm³/mol. The summed E-state index contributed by atoms with van der Waals surface area (Å²) in [6.07, 6.45) is 0. The van der Waals surface area contributed by atoms with Gasteiger partial charge in [0.15, 0.2) is 6.61 Å². The van der Waals surface area contributed by atoms with E-state index in [1.165, 1.54) is 5.56 Å². The molecule has 3 aromatic carbocycles. The van der Waals surface area contributed by atoms with Crippen LogP contribution in [0.15, 0.2) is 66.7 Å². The van der Waals surface area contributed by atoms with E-state index in [1.54, 1.807) is 36.4 Å². The van der Waals surface area contributed by atoms with Gasteiger partial charge in [0, 0.05) is 16.8 Å². The number of amides is 3. The van der Waals surface area contributed by atoms with Gasteiger partial charge in [-0.3, -0.25) is 25.2 Å². The van der Waals surface area contributed by atoms with Crippen molar-refractivity contribution in [1.82, 2.24) is 10.9 Å². The van der Waals surface area contributed by atoms with Crippen LogP contribution < -0.4 is 20.9 Å². The summed E-state index contributed by atoms with van der Waals surface area (Å²) in [5.74, 6) is -0.573. The Kier molecular flexibility index (Phi) is 8.61. The molecular weight excluding hydrogens is 478 g/mol. The fourth-order valence-corrected chi connectivity index (χ4v) is 3.78. The summed E-state index contributed by atoms with van der Waals surface area (Å²) >= 11 is 0. The normalized spacial score (nSPS) is 11.4. The molecule has 3 aromatic rings. The number of hydrazine groups is 1. The van der Waals surface area contributed by atoms with Crippen LogP contribution in [0.25, 0.3) is 0 Å². The fourth-order valence-electron chi connectivity index (χ4n) is 3.78. The van der Waals surface area contributed by atoms with Gasteiger partial charge < -0.3 is 10.1 Å². The molecule has 0 saturated carbocycles. The summed E-state index contributed by atoms with van der Waals surface area (Å²) in [7, 11) is 0. The van der Waals surface area contributed by atoms with Crippen molar-refractivity contribution in [2.24, 2.45) is 0 Å². The minimum atomic E-state index is -0.486. The molecule has 0 fully saturated rings. The highest BCUT2D eigenvalue weighted by Gasteiger charge is 2.23. The molecule has 0 unspecified atom stereocenters. The number of hydrogen-bond acceptors (Lipinski definition) is 4. The lowest BCUT2D eigenvalue weighted by Crippen LogP contribution is -2.43. The van der Waals surface area contributed by atoms with Gasteiger partial charge in [-0.15, -0.1) is 0 Å². The second kappa shape index (κ2) is 11.5. The van der Waals surface area contributed by atoms with E-state index < -0.39 is 11.8 Å². The van der Waals surface area contributed by atoms with Gasteiger partial charge in [-0.2, -0.15) is 0 Å². The van der Waals surface area contributed by atoms with Crippen LogP contribution in [0.1, 0.15) is 78.9 Å². The lowest BCUT2D eigenvalue weighted by atomic mass is 9.80. The first-order valence-corrected chi connectivity index (χ1v) is 12.6. The van der Waals surface area contributed by atoms with Crippen molar-refractivity contribution in [3.63, 3.8) is 0 Å². The molecule has 0 bridgehead atoms. The van der Waals surface area contributed by atoms with E-state index in [2.05, 4.69) is 63.8 Å². The third-order valence-electron chi connectivity index (χ3n) is 6.01. The molecule has 200 valence electrons. The first-order chi connectivity index (χ1) is 17.7. The van der Waals surface area contributed by atoms with Gasteiger partial charge in [-0.25, -0.2) is 0 Å². The van der Waals surface area contributed by atoms with Crippen LogP contribution in [0, 0.1) is 6.92 Å². The number of anilines is 1. The maximum atomic E-state index is 12.5. The van der Waals surface area contributed by atoms with Gasteiger partial charge >= 0.3 is 0 Å². The van der Waals surface area contributed by atoms with Gasteiger partial charge in [0.1, 0.15) is 5.75 Å². The van der Waals surface area contributed by atoms with E-state index in [1.807, 2.05) is 31.2 Å². The van der Waals surface area contributed by atoms with Crippen LogP contribution in [-0.2, 0) is 15.6 Å². The smallest absolute Gasteiger partial charge is 0.276 e. The van der Waals surface area contributed by atoms with Gasteiger partial charge in [-0.1, -0.05) is 71.4 Å². The minimum Gasteiger partial charge on any atom is -0.483 e. The average Bonchev–Trinajstić information content (AvgIpc) is 2.85. The maximum Gasteiger partial charge on any atom is 0.276 e. The van der Waals surface area contributed by atoms with Crippen molar-refractivity contribution >= 4 is 23.4 Å². The number of ether oxygens (including phenoxy) is 1. The van der Waals surface area contributed by atoms with E-state index in [4.69, 9.17) is 4.74 Å². The molecule has 38 heavy (non-hydrogen) atoms. The first-order valence-electron chi connectivity index (χ1n) is 12.6. The van der Waals surface area contributed by atoms with Crippen molar-refractivity contribution in [2.45, 2.75) is 59.3 Å². The van der Waals surface area contributed by atoms with E-state index in [9.17, 15) is 14.4 Å². The molecule has 3 N–H and O–H groups in total. The minimum absolute atomic E-state index is 0.00893. The van der Waals surface area contributed by atoms with Gasteiger partial charge in [0.05, 0.1) is 0 Å². The molecule has 0 radical (unpaired) electrons. The molecule has 3 rings (SSSR count). The highest BCUT2D eigenvalue weighted by molar-refractivity contribution is 6.04. The third kappa shape index (κ3) is 7.68. The molecule has 7 heteroatoms. The largest absolute Gasteiger partial charge is 0.483 e. The third-order valence-corrected chi connectivity index (χ3v) is 6.01. The highest BCUT2D eigenvalue weighted by Crippen LogP contribution is 2.35. The molecule has 3 amide bonds. The van der Waals surface area contributed by atoms with Crippen LogP contribution >= 0.6 is 0 Å². The molecule has 0 aromatic heterocycles. The molecule has 0 aliphatic carbocycles. The van der Waals surface area contributed by atoms with Crippen LogP contribution in [0.5, 0.6) is 5.75 Å². The van der Waals surface area contributed by atoms with Crippen molar-refractivity contribution in [2.75, 3.05) is 11.9 Å². The van der Waals surface area contributed by atoms with Crippen molar-refractivity contribution in [1.29, 1.82) is 0 Å². The number of carbonyl (C=O) groups excluding carboxylic acids is 3. The predicted octanol–water partition coefficient (Wildman–Crippen LogP) is 5.68. The number of nitrogens with one attached hydrogen (secondary N) is 3. The molecule has 7 nitrogen and oxygen atoms in total. The summed E-state index contributed by atoms with van der Waals surface area (Å²) in [6, 6.07) is 19.7. The Bertz CT molecular complexity index is 1320. The molecular formula is C31H37N3O4. The number of carbonyl (C=O) groups is 3. The van der Waals surface area contributed by atoms with Crippen molar-refractivity contribution in [3.05, 3.63) is 94.5 Å². The zero-order chi connectivity index (χ0) is 28.1. The van der Waals surface area contributed by atoms with E-state index in [-0.39, 0.29) is 23.3 Å². The highest BCUT2D eigenvalue weighted by atomic mass is 16.5. The van der Waals surface area contributed by atoms with E-state index >= 15 is 0 Å². The summed E-state index contributed by atoms with van der Waals surface area (Å²) in [5, 5.41) is 2.80. The van der Waals surface area contributed by atoms with E-state index in [0.717, 1.165) is 11.1 Å². The lowest BCUT2D eigenvalue weighted by Gasteiger charge is -2.27. The Morgan fingerprint density at radius 3 is 2.03 bits per heavy atom. The molecule has 0 spiro atoms. The number of aryl methyl sites for hydroxylation is 1. The van der Waals surface area contributed by atoms with Crippen molar-refractivity contribution in [3.8, 4) is 5.75 Å². The standard InChI is InChI=1S/C31H37N3O4/c1-20-9-8-10-22(17-20)28(36)32-24-14-11-21(12-15-24)29(37)34-33-27(35)19-38-26-16-13-23(30(2,3)4)18-25(26)31(5,6)7/h8-18H,19H2,1-7H3,(H,32,36)(H,33,35)(H,34,37). The molecule has 0 aliphatic heterocycles. The second-order valence-electron chi connectivity index (χ2n) is 11.4. The number of benzene rings is 3. The summed E-state index contributed by atoms with van der Waals surface area (Å²) < 4.78 is 5.82. The van der Waals surface area contributed by atoms with Crippen LogP contribution in [0.2, 0.25) is 0 Å². The van der Waals surface area contributed by atoms with Gasteiger partial charge in [0.25, 0.3) is 17.7 Å². The van der Waals surface area contributed by atoms with Gasteiger partial charge in [-0.05, 0) is 71.3 Å². The molecule has 0 aliphatic rings. The molecule has 0 atom stereocenters. The van der Waals surface area contributed by atoms with E-state index in [0.29, 0.717) is 22.6 Å². The van der Waals surface area contributed by atoms with Crippen LogP contribution in [-0.4, -0.2) is 24.3 Å². The SMILES string of the molecule is Cc1cccc(C(=O)Nc2ccc(C(=O)NNC(=O)COc3ccc(C(C)(C)C)cc3C(C)(C)C)cc2)c1. The van der Waals surface area contributed by atoms with Crippen LogP contribution in [0.3, 0.4) is 0 Å². The summed E-state index contributed by atoms with van der Waals surface area (Å²) in [5.41, 5.74) is 9.22. The summed E-state index contributed by atoms with van der Waals surface area (Å²) in [4.78, 5) is 37.3. The van der Waals surface area contributed by atoms with Gasteiger partial charge in [0.2, 0.25) is 0 Å². The zero-order valence-corrected chi connectivity index (χ0v) is 23.2. The number of rotatable bonds is 6. The zero-order valence-electron chi connectivity index (χ0n) is 23.2. The average molecular weight is 516 g/mol. The number of hydrogen-bond donors (Lipinski definition) is 3. The monoisotopic (exact) mass is 515 g/mol. The Morgan fingerprint density at radius 2 is 1.42 bits per heavy atom.